The van der Waals surface area contributed by atoms with E-state index in [0.717, 1.165) is 46.7 Å². The van der Waals surface area contributed by atoms with Crippen LogP contribution in [0.1, 0.15) is 75.5 Å². The maximum Gasteiger partial charge on any atom is 0.264 e. The zero-order chi connectivity index (χ0) is 31.9. The number of benzene rings is 3. The van der Waals surface area contributed by atoms with Crippen molar-refractivity contribution in [3.8, 4) is 5.75 Å². The standard InChI is InChI=1S/C35H45N3O5S/c1-6-33(35(40)36-29-9-7-8-10-29)37(23-27-13-19-31(43-5)20-14-27)34(39)24-38(30-17-15-28(16-18-30)25(2)3)44(41,42)32-21-11-26(4)12-22-32/h11-22,25,29,33H,6-10,23-24H2,1-5H3,(H,36,40)/t33-/m1/s1. The minimum atomic E-state index is -4.12. The van der Waals surface area contributed by atoms with E-state index < -0.39 is 28.5 Å². The first-order valence-electron chi connectivity index (χ1n) is 15.5. The number of aryl methyl sites for hydroxylation is 1. The highest BCUT2D eigenvalue weighted by atomic mass is 32.2. The molecule has 0 radical (unpaired) electrons. The van der Waals surface area contributed by atoms with E-state index in [1.165, 1.54) is 4.90 Å². The average molecular weight is 620 g/mol. The third kappa shape index (κ3) is 8.00. The van der Waals surface area contributed by atoms with Gasteiger partial charge in [0.05, 0.1) is 17.7 Å². The molecule has 1 fully saturated rings. The molecule has 0 saturated heterocycles. The SMILES string of the molecule is CC[C@H](C(=O)NC1CCCC1)N(Cc1ccc(OC)cc1)C(=O)CN(c1ccc(C(C)C)cc1)S(=O)(=O)c1ccc(C)cc1. The Kier molecular flexibility index (Phi) is 11.1. The topological polar surface area (TPSA) is 96.0 Å². The fourth-order valence-electron chi connectivity index (χ4n) is 5.61. The van der Waals surface area contributed by atoms with Gasteiger partial charge >= 0.3 is 0 Å². The van der Waals surface area contributed by atoms with Gasteiger partial charge in [-0.2, -0.15) is 0 Å². The van der Waals surface area contributed by atoms with Crippen LogP contribution in [0.25, 0.3) is 0 Å². The van der Waals surface area contributed by atoms with Crippen molar-refractivity contribution in [1.29, 1.82) is 0 Å². The van der Waals surface area contributed by atoms with Crippen molar-refractivity contribution in [2.24, 2.45) is 0 Å². The number of amides is 2. The van der Waals surface area contributed by atoms with E-state index in [0.29, 0.717) is 17.9 Å². The van der Waals surface area contributed by atoms with Crippen molar-refractivity contribution >= 4 is 27.5 Å². The Balaban J connectivity index is 1.72. The number of ether oxygens (including phenoxy) is 1. The van der Waals surface area contributed by atoms with Gasteiger partial charge in [0.25, 0.3) is 10.0 Å². The van der Waals surface area contributed by atoms with Crippen LogP contribution in [0.15, 0.2) is 77.7 Å². The van der Waals surface area contributed by atoms with Crippen molar-refractivity contribution < 1.29 is 22.7 Å². The minimum absolute atomic E-state index is 0.0902. The molecule has 3 aromatic rings. The van der Waals surface area contributed by atoms with Crippen molar-refractivity contribution in [2.75, 3.05) is 18.0 Å². The minimum Gasteiger partial charge on any atom is -0.497 e. The highest BCUT2D eigenvalue weighted by Gasteiger charge is 2.34. The molecule has 2 amide bonds. The molecule has 0 bridgehead atoms. The Labute approximate surface area is 262 Å². The molecule has 0 spiro atoms. The van der Waals surface area contributed by atoms with Crippen molar-refractivity contribution in [3.05, 3.63) is 89.5 Å². The summed E-state index contributed by atoms with van der Waals surface area (Å²) >= 11 is 0. The lowest BCUT2D eigenvalue weighted by Crippen LogP contribution is -2.53. The van der Waals surface area contributed by atoms with E-state index in [1.54, 1.807) is 43.5 Å². The number of hydrogen-bond acceptors (Lipinski definition) is 5. The highest BCUT2D eigenvalue weighted by Crippen LogP contribution is 2.27. The third-order valence-corrected chi connectivity index (χ3v) is 10.1. The summed E-state index contributed by atoms with van der Waals surface area (Å²) in [5.74, 6) is 0.266. The molecule has 1 aliphatic rings. The first kappa shape index (κ1) is 33.1. The summed E-state index contributed by atoms with van der Waals surface area (Å²) in [4.78, 5) is 29.6. The van der Waals surface area contributed by atoms with Crippen LogP contribution in [0, 0.1) is 6.92 Å². The Hall–Kier alpha value is -3.85. The van der Waals surface area contributed by atoms with E-state index in [-0.39, 0.29) is 29.3 Å². The van der Waals surface area contributed by atoms with Gasteiger partial charge in [-0.05, 0) is 79.6 Å². The van der Waals surface area contributed by atoms with Gasteiger partial charge in [0, 0.05) is 12.6 Å². The van der Waals surface area contributed by atoms with Crippen molar-refractivity contribution in [2.45, 2.75) is 89.2 Å². The van der Waals surface area contributed by atoms with Crippen LogP contribution in [0.5, 0.6) is 5.75 Å². The number of nitrogens with one attached hydrogen (secondary N) is 1. The van der Waals surface area contributed by atoms with Crippen molar-refractivity contribution in [3.63, 3.8) is 0 Å². The lowest BCUT2D eigenvalue weighted by Gasteiger charge is -2.34. The quantitative estimate of drug-likeness (QED) is 0.246. The Morgan fingerprint density at radius 3 is 2.09 bits per heavy atom. The molecule has 236 valence electrons. The largest absolute Gasteiger partial charge is 0.497 e. The zero-order valence-corrected chi connectivity index (χ0v) is 27.3. The maximum atomic E-state index is 14.3. The monoisotopic (exact) mass is 619 g/mol. The zero-order valence-electron chi connectivity index (χ0n) is 26.5. The molecule has 0 aliphatic heterocycles. The van der Waals surface area contributed by atoms with Gasteiger partial charge in [-0.15, -0.1) is 0 Å². The van der Waals surface area contributed by atoms with Gasteiger partial charge in [0.15, 0.2) is 0 Å². The van der Waals surface area contributed by atoms with Crippen LogP contribution >= 0.6 is 0 Å². The number of sulfonamides is 1. The fraction of sp³-hybridized carbons (Fsp3) is 0.429. The predicted octanol–water partition coefficient (Wildman–Crippen LogP) is 6.19. The summed E-state index contributed by atoms with van der Waals surface area (Å²) in [6.07, 6.45) is 4.36. The summed E-state index contributed by atoms with van der Waals surface area (Å²) in [7, 11) is -2.53. The molecular weight excluding hydrogens is 574 g/mol. The molecule has 0 heterocycles. The normalized spacial score (nSPS) is 14.3. The van der Waals surface area contributed by atoms with Crippen LogP contribution in [-0.4, -0.2) is 50.9 Å². The van der Waals surface area contributed by atoms with Gasteiger partial charge in [0.2, 0.25) is 11.8 Å². The molecule has 9 heteroatoms. The van der Waals surface area contributed by atoms with Gasteiger partial charge in [0.1, 0.15) is 18.3 Å². The van der Waals surface area contributed by atoms with Crippen LogP contribution in [0.3, 0.4) is 0 Å². The first-order chi connectivity index (χ1) is 21.0. The predicted molar refractivity (Wildman–Crippen MR) is 174 cm³/mol. The van der Waals surface area contributed by atoms with E-state index in [1.807, 2.05) is 50.2 Å². The molecule has 0 aromatic heterocycles. The van der Waals surface area contributed by atoms with E-state index in [4.69, 9.17) is 4.74 Å². The van der Waals surface area contributed by atoms with E-state index >= 15 is 0 Å². The van der Waals surface area contributed by atoms with E-state index in [2.05, 4.69) is 19.2 Å². The number of anilines is 1. The molecule has 3 aromatic carbocycles. The van der Waals surface area contributed by atoms with Crippen LogP contribution < -0.4 is 14.4 Å². The second-order valence-electron chi connectivity index (χ2n) is 11.9. The highest BCUT2D eigenvalue weighted by molar-refractivity contribution is 7.92. The maximum absolute atomic E-state index is 14.3. The molecule has 8 nitrogen and oxygen atoms in total. The Bertz CT molecular complexity index is 1500. The van der Waals surface area contributed by atoms with Gasteiger partial charge < -0.3 is 15.0 Å². The van der Waals surface area contributed by atoms with Gasteiger partial charge in [-0.1, -0.05) is 75.6 Å². The summed E-state index contributed by atoms with van der Waals surface area (Å²) < 4.78 is 34.7. The number of carbonyl (C=O) groups is 2. The summed E-state index contributed by atoms with van der Waals surface area (Å²) in [6.45, 7) is 7.58. The smallest absolute Gasteiger partial charge is 0.264 e. The molecule has 1 atom stereocenters. The van der Waals surface area contributed by atoms with Gasteiger partial charge in [-0.3, -0.25) is 13.9 Å². The molecular formula is C35H45N3O5S. The number of nitrogens with zero attached hydrogens (tertiary/aromatic N) is 2. The number of methoxy groups -OCH3 is 1. The van der Waals surface area contributed by atoms with Crippen LogP contribution in [0.4, 0.5) is 5.69 Å². The van der Waals surface area contributed by atoms with Crippen LogP contribution in [-0.2, 0) is 26.2 Å². The van der Waals surface area contributed by atoms with E-state index in [9.17, 15) is 18.0 Å². The molecule has 1 saturated carbocycles. The second kappa shape index (κ2) is 14.8. The van der Waals surface area contributed by atoms with Crippen molar-refractivity contribution in [1.82, 2.24) is 10.2 Å². The molecule has 44 heavy (non-hydrogen) atoms. The number of carbonyl (C=O) groups excluding carboxylic acids is 2. The van der Waals surface area contributed by atoms with Gasteiger partial charge in [-0.25, -0.2) is 8.42 Å². The Morgan fingerprint density at radius 1 is 0.932 bits per heavy atom. The fourth-order valence-corrected chi connectivity index (χ4v) is 7.02. The summed E-state index contributed by atoms with van der Waals surface area (Å²) in [6, 6.07) is 20.5. The summed E-state index contributed by atoms with van der Waals surface area (Å²) in [5, 5.41) is 3.15. The number of rotatable bonds is 13. The lowest BCUT2D eigenvalue weighted by molar-refractivity contribution is -0.140. The molecule has 1 N–H and O–H groups in total. The second-order valence-corrected chi connectivity index (χ2v) is 13.7. The first-order valence-corrected chi connectivity index (χ1v) is 16.9. The Morgan fingerprint density at radius 2 is 1.55 bits per heavy atom. The molecule has 0 unspecified atom stereocenters. The summed E-state index contributed by atoms with van der Waals surface area (Å²) in [5.41, 5.74) is 3.18. The third-order valence-electron chi connectivity index (χ3n) is 8.34. The average Bonchev–Trinajstić information content (AvgIpc) is 3.53. The number of hydrogen-bond donors (Lipinski definition) is 1. The van der Waals surface area contributed by atoms with Crippen LogP contribution in [0.2, 0.25) is 0 Å². The lowest BCUT2D eigenvalue weighted by atomic mass is 10.0. The molecule has 1 aliphatic carbocycles. The molecule has 4 rings (SSSR count).